The fraction of sp³-hybridized carbons (Fsp3) is 0.154. The van der Waals surface area contributed by atoms with Crippen LogP contribution in [-0.2, 0) is 0 Å². The van der Waals surface area contributed by atoms with E-state index in [0.717, 1.165) is 41.1 Å². The summed E-state index contributed by atoms with van der Waals surface area (Å²) in [7, 11) is 0. The van der Waals surface area contributed by atoms with E-state index in [1.165, 1.54) is 0 Å². The van der Waals surface area contributed by atoms with E-state index >= 15 is 0 Å². The van der Waals surface area contributed by atoms with Gasteiger partial charge in [-0.05, 0) is 73.5 Å². The fourth-order valence-electron chi connectivity index (χ4n) is 3.37. The molecule has 9 heteroatoms. The summed E-state index contributed by atoms with van der Waals surface area (Å²) in [5, 5.41) is 15.9. The van der Waals surface area contributed by atoms with Crippen LogP contribution in [0.3, 0.4) is 0 Å². The highest BCUT2D eigenvalue weighted by Crippen LogP contribution is 2.29. The number of hydrogen-bond donors (Lipinski definition) is 4. The molecule has 0 unspecified atom stereocenters. The normalized spacial score (nSPS) is 10.2. The van der Waals surface area contributed by atoms with Gasteiger partial charge in [0.05, 0.1) is 13.2 Å². The first-order valence-corrected chi connectivity index (χ1v) is 10.7. The molecule has 1 aromatic heterocycles. The van der Waals surface area contributed by atoms with E-state index in [9.17, 15) is 0 Å². The second kappa shape index (κ2) is 12.7. The molecule has 0 bridgehead atoms. The number of benzene rings is 3. The molecule has 7 nitrogen and oxygen atoms in total. The number of unbranched alkanes of at least 4 members (excludes halogenated alkanes) is 1. The Balaban J connectivity index is 0.00000216. The van der Waals surface area contributed by atoms with Crippen LogP contribution in [0.4, 0.5) is 0 Å². The Hall–Kier alpha value is -3.68. The number of halogens is 2. The van der Waals surface area contributed by atoms with Crippen molar-refractivity contribution in [2.24, 2.45) is 11.5 Å². The van der Waals surface area contributed by atoms with Gasteiger partial charge in [-0.25, -0.2) is 0 Å². The van der Waals surface area contributed by atoms with Gasteiger partial charge in [0.25, 0.3) is 0 Å². The van der Waals surface area contributed by atoms with Crippen LogP contribution in [0, 0.1) is 10.8 Å². The van der Waals surface area contributed by atoms with Crippen molar-refractivity contribution in [2.75, 3.05) is 13.2 Å². The minimum absolute atomic E-state index is 0. The van der Waals surface area contributed by atoms with Crippen LogP contribution in [0.25, 0.3) is 22.3 Å². The Bertz CT molecular complexity index is 1270. The Morgan fingerprint density at radius 1 is 0.686 bits per heavy atom. The van der Waals surface area contributed by atoms with Gasteiger partial charge in [0.2, 0.25) is 0 Å². The number of fused-ring (bicyclic) bond motifs is 1. The van der Waals surface area contributed by atoms with Crippen LogP contribution in [0.5, 0.6) is 11.5 Å². The highest BCUT2D eigenvalue weighted by Gasteiger charge is 2.08. The third-order valence-electron chi connectivity index (χ3n) is 5.21. The quantitative estimate of drug-likeness (QED) is 0.121. The van der Waals surface area contributed by atoms with Crippen LogP contribution in [0.15, 0.2) is 77.2 Å². The smallest absolute Gasteiger partial charge is 0.135 e. The number of hydrogen-bond acceptors (Lipinski definition) is 5. The van der Waals surface area contributed by atoms with Gasteiger partial charge >= 0.3 is 0 Å². The molecule has 35 heavy (non-hydrogen) atoms. The van der Waals surface area contributed by atoms with E-state index in [2.05, 4.69) is 0 Å². The van der Waals surface area contributed by atoms with Crippen molar-refractivity contribution in [2.45, 2.75) is 12.8 Å². The number of nitrogens with two attached hydrogens (primary N) is 2. The molecule has 0 radical (unpaired) electrons. The second-order valence-electron chi connectivity index (χ2n) is 7.64. The average molecular weight is 515 g/mol. The maximum absolute atomic E-state index is 7.56. The zero-order valence-electron chi connectivity index (χ0n) is 19.0. The van der Waals surface area contributed by atoms with Crippen LogP contribution in [0.2, 0.25) is 0 Å². The van der Waals surface area contributed by atoms with Gasteiger partial charge in [0.1, 0.15) is 34.5 Å². The maximum atomic E-state index is 7.56. The molecule has 0 aliphatic heterocycles. The lowest BCUT2D eigenvalue weighted by Gasteiger charge is -2.08. The number of amidine groups is 2. The van der Waals surface area contributed by atoms with E-state index in [1.54, 1.807) is 18.2 Å². The summed E-state index contributed by atoms with van der Waals surface area (Å²) >= 11 is 0. The number of ether oxygens (including phenoxy) is 2. The minimum Gasteiger partial charge on any atom is -0.494 e. The highest BCUT2D eigenvalue weighted by molar-refractivity contribution is 5.98. The SMILES string of the molecule is Cl.Cl.N=C(N)c1ccc(OCCCCOc2ccc(-c3cc4ccc(C(=N)N)cc4o3)cc2)cc1. The predicted octanol–water partition coefficient (Wildman–Crippen LogP) is 5.75. The van der Waals surface area contributed by atoms with Gasteiger partial charge in [-0.15, -0.1) is 24.8 Å². The largest absolute Gasteiger partial charge is 0.494 e. The Morgan fingerprint density at radius 2 is 1.20 bits per heavy atom. The first kappa shape index (κ1) is 27.6. The summed E-state index contributed by atoms with van der Waals surface area (Å²) in [5.74, 6) is 2.39. The molecule has 184 valence electrons. The van der Waals surface area contributed by atoms with Crippen LogP contribution in [0.1, 0.15) is 24.0 Å². The van der Waals surface area contributed by atoms with Gasteiger partial charge in [-0.3, -0.25) is 10.8 Å². The van der Waals surface area contributed by atoms with Crippen LogP contribution >= 0.6 is 24.8 Å². The third kappa shape index (κ3) is 7.15. The lowest BCUT2D eigenvalue weighted by molar-refractivity contribution is 0.266. The Kier molecular flexibility index (Phi) is 9.99. The van der Waals surface area contributed by atoms with Crippen LogP contribution < -0.4 is 20.9 Å². The molecule has 4 aromatic rings. The fourth-order valence-corrected chi connectivity index (χ4v) is 3.37. The van der Waals surface area contributed by atoms with Crippen molar-refractivity contribution < 1.29 is 13.9 Å². The van der Waals surface area contributed by atoms with Crippen molar-refractivity contribution in [3.63, 3.8) is 0 Å². The molecule has 3 aromatic carbocycles. The molecule has 0 atom stereocenters. The van der Waals surface area contributed by atoms with E-state index in [0.29, 0.717) is 29.9 Å². The molecule has 0 saturated carbocycles. The number of rotatable bonds is 10. The molecule has 0 fully saturated rings. The molecule has 0 spiro atoms. The van der Waals surface area contributed by atoms with Crippen molar-refractivity contribution >= 4 is 47.5 Å². The molecule has 0 aliphatic rings. The average Bonchev–Trinajstić information content (AvgIpc) is 3.25. The van der Waals surface area contributed by atoms with Crippen molar-refractivity contribution in [3.05, 3.63) is 83.9 Å². The molecule has 0 aliphatic carbocycles. The molecular weight excluding hydrogens is 487 g/mol. The third-order valence-corrected chi connectivity index (χ3v) is 5.21. The van der Waals surface area contributed by atoms with Crippen LogP contribution in [-0.4, -0.2) is 24.9 Å². The minimum atomic E-state index is 0. The summed E-state index contributed by atoms with van der Waals surface area (Å²) in [5.41, 5.74) is 14.0. The monoisotopic (exact) mass is 514 g/mol. The van der Waals surface area contributed by atoms with Gasteiger partial charge in [-0.2, -0.15) is 0 Å². The van der Waals surface area contributed by atoms with Gasteiger partial charge in [0.15, 0.2) is 0 Å². The second-order valence-corrected chi connectivity index (χ2v) is 7.64. The van der Waals surface area contributed by atoms with Gasteiger partial charge in [-0.1, -0.05) is 12.1 Å². The predicted molar refractivity (Wildman–Crippen MR) is 145 cm³/mol. The van der Waals surface area contributed by atoms with E-state index in [4.69, 9.17) is 36.2 Å². The summed E-state index contributed by atoms with van der Waals surface area (Å²) in [6.45, 7) is 1.20. The summed E-state index contributed by atoms with van der Waals surface area (Å²) in [6.07, 6.45) is 1.74. The van der Waals surface area contributed by atoms with Gasteiger partial charge in [0, 0.05) is 22.1 Å². The molecule has 4 rings (SSSR count). The van der Waals surface area contributed by atoms with Crippen molar-refractivity contribution in [1.82, 2.24) is 0 Å². The highest BCUT2D eigenvalue weighted by atomic mass is 35.5. The first-order chi connectivity index (χ1) is 16.0. The number of nitrogen functional groups attached to an aromatic ring is 2. The van der Waals surface area contributed by atoms with E-state index < -0.39 is 0 Å². The topological polar surface area (TPSA) is 131 Å². The summed E-state index contributed by atoms with van der Waals surface area (Å²) in [6, 6.07) is 22.5. The van der Waals surface area contributed by atoms with Crippen molar-refractivity contribution in [1.29, 1.82) is 10.8 Å². The lowest BCUT2D eigenvalue weighted by atomic mass is 10.1. The summed E-state index contributed by atoms with van der Waals surface area (Å²) in [4.78, 5) is 0. The lowest BCUT2D eigenvalue weighted by Crippen LogP contribution is -2.10. The maximum Gasteiger partial charge on any atom is 0.135 e. The standard InChI is InChI=1S/C26H26N4O3.2ClH/c27-25(28)18-7-11-22(12-8-18)32-14-2-1-13-31-21-9-5-17(6-10-21)23-15-19-3-4-20(26(29)30)16-24(19)33-23;;/h3-12,15-16H,1-2,13-14H2,(H3,27,28)(H3,29,30);2*1H. The van der Waals surface area contributed by atoms with Gasteiger partial charge < -0.3 is 25.4 Å². The number of nitrogens with one attached hydrogen (secondary N) is 2. The number of furan rings is 1. The zero-order chi connectivity index (χ0) is 23.2. The molecular formula is C26H28Cl2N4O3. The molecule has 0 amide bonds. The van der Waals surface area contributed by atoms with E-state index in [-0.39, 0.29) is 36.5 Å². The zero-order valence-corrected chi connectivity index (χ0v) is 20.6. The molecule has 1 heterocycles. The first-order valence-electron chi connectivity index (χ1n) is 10.7. The van der Waals surface area contributed by atoms with Crippen molar-refractivity contribution in [3.8, 4) is 22.8 Å². The Morgan fingerprint density at radius 3 is 1.74 bits per heavy atom. The van der Waals surface area contributed by atoms with E-state index in [1.807, 2.05) is 54.6 Å². The summed E-state index contributed by atoms with van der Waals surface area (Å²) < 4.78 is 17.5. The Labute approximate surface area is 216 Å². The molecule has 0 saturated heterocycles. The molecule has 6 N–H and O–H groups in total.